The molecule has 0 bridgehead atoms. The maximum atomic E-state index is 6.13. The van der Waals surface area contributed by atoms with Gasteiger partial charge in [0.1, 0.15) is 0 Å². The molecule has 1 N–H and O–H groups in total. The first-order valence-electron chi connectivity index (χ1n) is 7.51. The van der Waals surface area contributed by atoms with Gasteiger partial charge in [0.25, 0.3) is 0 Å². The van der Waals surface area contributed by atoms with E-state index in [2.05, 4.69) is 48.9 Å². The third kappa shape index (κ3) is 3.37. The summed E-state index contributed by atoms with van der Waals surface area (Å²) >= 11 is 0. The van der Waals surface area contributed by atoms with Crippen LogP contribution >= 0.6 is 0 Å². The number of rotatable bonds is 9. The minimum atomic E-state index is -0.158. The van der Waals surface area contributed by atoms with Crippen molar-refractivity contribution >= 4 is 0 Å². The van der Waals surface area contributed by atoms with Gasteiger partial charge in [-0.3, -0.25) is 4.68 Å². The molecule has 0 saturated carbocycles. The summed E-state index contributed by atoms with van der Waals surface area (Å²) in [5.41, 5.74) is 1.07. The average molecular weight is 267 g/mol. The Kier molecular flexibility index (Phi) is 6.52. The third-order valence-electron chi connectivity index (χ3n) is 3.92. The fourth-order valence-corrected chi connectivity index (χ4v) is 2.90. The first-order valence-corrected chi connectivity index (χ1v) is 7.51. The van der Waals surface area contributed by atoms with Crippen LogP contribution in [0.1, 0.15) is 58.7 Å². The molecule has 1 heterocycles. The number of hydrogen-bond acceptors (Lipinski definition) is 3. The molecule has 4 nitrogen and oxygen atoms in total. The van der Waals surface area contributed by atoms with Crippen LogP contribution in [0.25, 0.3) is 0 Å². The number of aromatic nitrogens is 2. The Morgan fingerprint density at radius 2 is 2.00 bits per heavy atom. The molecule has 0 saturated heterocycles. The highest BCUT2D eigenvalue weighted by Crippen LogP contribution is 2.35. The highest BCUT2D eigenvalue weighted by Gasteiger charge is 2.38. The van der Waals surface area contributed by atoms with Crippen molar-refractivity contribution in [3.63, 3.8) is 0 Å². The molecule has 0 aliphatic rings. The molecule has 0 radical (unpaired) electrons. The van der Waals surface area contributed by atoms with Gasteiger partial charge in [-0.25, -0.2) is 0 Å². The highest BCUT2D eigenvalue weighted by atomic mass is 16.5. The van der Waals surface area contributed by atoms with Gasteiger partial charge in [-0.1, -0.05) is 20.8 Å². The summed E-state index contributed by atoms with van der Waals surface area (Å²) in [6.45, 7) is 10.3. The zero-order valence-corrected chi connectivity index (χ0v) is 13.1. The maximum absolute atomic E-state index is 6.13. The van der Waals surface area contributed by atoms with E-state index in [1.54, 1.807) is 0 Å². The average Bonchev–Trinajstić information content (AvgIpc) is 2.87. The Labute approximate surface area is 117 Å². The monoisotopic (exact) mass is 267 g/mol. The molecule has 0 fully saturated rings. The summed E-state index contributed by atoms with van der Waals surface area (Å²) in [7, 11) is 2.01. The molecular formula is C15H29N3O. The van der Waals surface area contributed by atoms with Crippen LogP contribution in [0.3, 0.4) is 0 Å². The number of hydrogen-bond donors (Lipinski definition) is 1. The van der Waals surface area contributed by atoms with Crippen molar-refractivity contribution in [3.8, 4) is 0 Å². The van der Waals surface area contributed by atoms with Crippen LogP contribution in [-0.2, 0) is 11.3 Å². The minimum absolute atomic E-state index is 0.158. The molecule has 4 heteroatoms. The number of likely N-dealkylation sites (N-methyl/N-ethyl adjacent to an activating group) is 1. The minimum Gasteiger partial charge on any atom is -0.373 e. The number of nitrogens with zero attached hydrogens (tertiary/aromatic N) is 2. The first-order chi connectivity index (χ1) is 9.18. The smallest absolute Gasteiger partial charge is 0.0886 e. The second-order valence-corrected chi connectivity index (χ2v) is 4.91. The predicted molar refractivity (Wildman–Crippen MR) is 79.3 cm³/mol. The predicted octanol–water partition coefficient (Wildman–Crippen LogP) is 3.15. The molecule has 0 spiro atoms. The lowest BCUT2D eigenvalue weighted by Gasteiger charge is -2.39. The molecule has 19 heavy (non-hydrogen) atoms. The lowest BCUT2D eigenvalue weighted by atomic mass is 9.86. The standard InChI is InChI=1S/C15H29N3O/c1-6-12-18-13(10-11-17-18)14(16-5)15(7-2,8-3)19-9-4/h10-11,14,16H,6-9,12H2,1-5H3. The van der Waals surface area contributed by atoms with Gasteiger partial charge >= 0.3 is 0 Å². The molecule has 110 valence electrons. The molecule has 0 aliphatic heterocycles. The molecule has 1 rings (SSSR count). The summed E-state index contributed by atoms with van der Waals surface area (Å²) in [6.07, 6.45) is 4.95. The Hall–Kier alpha value is -0.870. The maximum Gasteiger partial charge on any atom is 0.0886 e. The van der Waals surface area contributed by atoms with Crippen molar-refractivity contribution < 1.29 is 4.74 Å². The van der Waals surface area contributed by atoms with Gasteiger partial charge < -0.3 is 10.1 Å². The van der Waals surface area contributed by atoms with Gasteiger partial charge in [0.2, 0.25) is 0 Å². The SMILES string of the molecule is CCCn1nccc1C(NC)C(CC)(CC)OCC. The topological polar surface area (TPSA) is 39.1 Å². The second-order valence-electron chi connectivity index (χ2n) is 4.91. The van der Waals surface area contributed by atoms with Gasteiger partial charge in [0.15, 0.2) is 0 Å². The molecule has 1 aromatic heterocycles. The van der Waals surface area contributed by atoms with Crippen molar-refractivity contribution in [2.75, 3.05) is 13.7 Å². The van der Waals surface area contributed by atoms with Crippen LogP contribution in [0.2, 0.25) is 0 Å². The van der Waals surface area contributed by atoms with E-state index in [0.717, 1.165) is 32.4 Å². The van der Waals surface area contributed by atoms with Crippen LogP contribution in [-0.4, -0.2) is 29.0 Å². The molecule has 0 aromatic carbocycles. The Morgan fingerprint density at radius 3 is 2.47 bits per heavy atom. The van der Waals surface area contributed by atoms with Crippen molar-refractivity contribution in [1.82, 2.24) is 15.1 Å². The van der Waals surface area contributed by atoms with E-state index < -0.39 is 0 Å². The fourth-order valence-electron chi connectivity index (χ4n) is 2.90. The lowest BCUT2D eigenvalue weighted by Crippen LogP contribution is -2.45. The van der Waals surface area contributed by atoms with Crippen molar-refractivity contribution in [3.05, 3.63) is 18.0 Å². The Bertz CT molecular complexity index is 358. The van der Waals surface area contributed by atoms with Gasteiger partial charge in [0.05, 0.1) is 17.3 Å². The zero-order chi connectivity index (χ0) is 14.3. The molecule has 0 aliphatic carbocycles. The van der Waals surface area contributed by atoms with E-state index in [1.807, 2.05) is 13.2 Å². The van der Waals surface area contributed by atoms with Crippen molar-refractivity contribution in [2.24, 2.45) is 0 Å². The summed E-state index contributed by atoms with van der Waals surface area (Å²) in [6, 6.07) is 2.28. The van der Waals surface area contributed by atoms with Gasteiger partial charge in [-0.05, 0) is 39.3 Å². The number of ether oxygens (including phenoxy) is 1. The highest BCUT2D eigenvalue weighted by molar-refractivity contribution is 5.13. The van der Waals surface area contributed by atoms with Gasteiger partial charge in [-0.15, -0.1) is 0 Å². The largest absolute Gasteiger partial charge is 0.373 e. The van der Waals surface area contributed by atoms with Crippen LogP contribution < -0.4 is 5.32 Å². The van der Waals surface area contributed by atoms with Crippen LogP contribution in [0, 0.1) is 0 Å². The van der Waals surface area contributed by atoms with E-state index in [9.17, 15) is 0 Å². The van der Waals surface area contributed by atoms with E-state index in [-0.39, 0.29) is 11.6 Å². The fraction of sp³-hybridized carbons (Fsp3) is 0.800. The first kappa shape index (κ1) is 16.2. The van der Waals surface area contributed by atoms with Crippen LogP contribution in [0.5, 0.6) is 0 Å². The van der Waals surface area contributed by atoms with Crippen molar-refractivity contribution in [1.29, 1.82) is 0 Å². The third-order valence-corrected chi connectivity index (χ3v) is 3.92. The number of aryl methyl sites for hydroxylation is 1. The summed E-state index contributed by atoms with van der Waals surface area (Å²) in [5.74, 6) is 0. The normalized spacial score (nSPS) is 13.7. The molecule has 1 atom stereocenters. The Balaban J connectivity index is 3.11. The van der Waals surface area contributed by atoms with E-state index in [1.165, 1.54) is 5.69 Å². The van der Waals surface area contributed by atoms with E-state index in [4.69, 9.17) is 4.74 Å². The molecule has 1 unspecified atom stereocenters. The molecule has 1 aromatic rings. The van der Waals surface area contributed by atoms with Crippen LogP contribution in [0.15, 0.2) is 12.3 Å². The van der Waals surface area contributed by atoms with E-state index in [0.29, 0.717) is 0 Å². The van der Waals surface area contributed by atoms with E-state index >= 15 is 0 Å². The summed E-state index contributed by atoms with van der Waals surface area (Å²) in [4.78, 5) is 0. The summed E-state index contributed by atoms with van der Waals surface area (Å²) in [5, 5.41) is 7.88. The van der Waals surface area contributed by atoms with Gasteiger partial charge in [-0.2, -0.15) is 5.10 Å². The van der Waals surface area contributed by atoms with Crippen LogP contribution in [0.4, 0.5) is 0 Å². The summed E-state index contributed by atoms with van der Waals surface area (Å²) < 4.78 is 8.23. The molecule has 0 amide bonds. The lowest BCUT2D eigenvalue weighted by molar-refractivity contribution is -0.0735. The second kappa shape index (κ2) is 7.65. The quantitative estimate of drug-likeness (QED) is 0.747. The zero-order valence-electron chi connectivity index (χ0n) is 13.1. The molecular weight excluding hydrogens is 238 g/mol. The number of nitrogens with one attached hydrogen (secondary N) is 1. The Morgan fingerprint density at radius 1 is 1.32 bits per heavy atom. The van der Waals surface area contributed by atoms with Gasteiger partial charge in [0, 0.05) is 19.3 Å². The van der Waals surface area contributed by atoms with Crippen molar-refractivity contribution in [2.45, 2.75) is 65.1 Å².